The molecule has 132 valence electrons. The second-order valence-corrected chi connectivity index (χ2v) is 6.98. The third kappa shape index (κ3) is 3.51. The van der Waals surface area contributed by atoms with Crippen LogP contribution in [0.1, 0.15) is 38.0 Å². The van der Waals surface area contributed by atoms with E-state index in [-0.39, 0.29) is 18.1 Å². The first-order valence-corrected chi connectivity index (χ1v) is 8.78. The van der Waals surface area contributed by atoms with Crippen LogP contribution >= 0.6 is 0 Å². The van der Waals surface area contributed by atoms with Crippen LogP contribution in [-0.4, -0.2) is 45.4 Å². The van der Waals surface area contributed by atoms with E-state index in [0.29, 0.717) is 36.4 Å². The van der Waals surface area contributed by atoms with Gasteiger partial charge in [0.05, 0.1) is 6.10 Å². The molecule has 25 heavy (non-hydrogen) atoms. The molecule has 1 saturated carbocycles. The van der Waals surface area contributed by atoms with E-state index in [2.05, 4.69) is 15.5 Å². The number of nitrogens with zero attached hydrogens (tertiary/aromatic N) is 3. The fraction of sp³-hybridized carbons (Fsp3) is 0.500. The monoisotopic (exact) mass is 342 g/mol. The second kappa shape index (κ2) is 6.48. The standard InChI is InChI=1S/C18H22N4O3/c1-11(23)14-7-8-22(10-14)18(24)19-15-4-2-3-13(9-15)16-20-17(25-21-16)12-5-6-12/h2-4,9,11-12,14,23H,5-8,10H2,1H3,(H,19,24)/t11-,14+/m1/s1. The minimum Gasteiger partial charge on any atom is -0.393 e. The van der Waals surface area contributed by atoms with Gasteiger partial charge < -0.3 is 19.8 Å². The molecule has 0 spiro atoms. The smallest absolute Gasteiger partial charge is 0.321 e. The summed E-state index contributed by atoms with van der Waals surface area (Å²) in [4.78, 5) is 18.6. The molecule has 2 N–H and O–H groups in total. The summed E-state index contributed by atoms with van der Waals surface area (Å²) < 4.78 is 5.30. The highest BCUT2D eigenvalue weighted by Crippen LogP contribution is 2.39. The maximum absolute atomic E-state index is 12.4. The van der Waals surface area contributed by atoms with Gasteiger partial charge in [-0.2, -0.15) is 4.98 Å². The number of rotatable bonds is 4. The van der Waals surface area contributed by atoms with Gasteiger partial charge in [0.2, 0.25) is 11.7 Å². The molecule has 1 aliphatic carbocycles. The molecular weight excluding hydrogens is 320 g/mol. The Hall–Kier alpha value is -2.41. The number of benzene rings is 1. The average molecular weight is 342 g/mol. The summed E-state index contributed by atoms with van der Waals surface area (Å²) in [5, 5.41) is 16.6. The summed E-state index contributed by atoms with van der Waals surface area (Å²) in [5.74, 6) is 1.82. The summed E-state index contributed by atoms with van der Waals surface area (Å²) in [6, 6.07) is 7.30. The van der Waals surface area contributed by atoms with Crippen LogP contribution in [0.25, 0.3) is 11.4 Å². The van der Waals surface area contributed by atoms with Crippen molar-refractivity contribution in [3.63, 3.8) is 0 Å². The number of aliphatic hydroxyl groups excluding tert-OH is 1. The van der Waals surface area contributed by atoms with Gasteiger partial charge in [-0.15, -0.1) is 0 Å². The van der Waals surface area contributed by atoms with Crippen molar-refractivity contribution in [1.29, 1.82) is 0 Å². The summed E-state index contributed by atoms with van der Waals surface area (Å²) in [6.45, 7) is 3.02. The predicted octanol–water partition coefficient (Wildman–Crippen LogP) is 2.85. The molecule has 0 radical (unpaired) electrons. The van der Waals surface area contributed by atoms with Gasteiger partial charge in [0.1, 0.15) is 0 Å². The minimum absolute atomic E-state index is 0.146. The second-order valence-electron chi connectivity index (χ2n) is 6.98. The number of anilines is 1. The topological polar surface area (TPSA) is 91.5 Å². The number of hydrogen-bond acceptors (Lipinski definition) is 5. The lowest BCUT2D eigenvalue weighted by molar-refractivity contribution is 0.130. The van der Waals surface area contributed by atoms with E-state index in [0.717, 1.165) is 24.8 Å². The van der Waals surface area contributed by atoms with Crippen LogP contribution in [0.5, 0.6) is 0 Å². The largest absolute Gasteiger partial charge is 0.393 e. The van der Waals surface area contributed by atoms with E-state index in [1.165, 1.54) is 0 Å². The first-order chi connectivity index (χ1) is 12.1. The summed E-state index contributed by atoms with van der Waals surface area (Å²) in [5.41, 5.74) is 1.51. The maximum Gasteiger partial charge on any atom is 0.321 e. The Labute approximate surface area is 146 Å². The molecule has 0 unspecified atom stereocenters. The van der Waals surface area contributed by atoms with Crippen molar-refractivity contribution in [1.82, 2.24) is 15.0 Å². The normalized spacial score (nSPS) is 21.4. The first-order valence-electron chi connectivity index (χ1n) is 8.78. The number of urea groups is 1. The molecule has 4 rings (SSSR count). The highest BCUT2D eigenvalue weighted by molar-refractivity contribution is 5.90. The van der Waals surface area contributed by atoms with E-state index in [1.807, 2.05) is 24.3 Å². The molecule has 1 aromatic heterocycles. The quantitative estimate of drug-likeness (QED) is 0.891. The molecule has 2 aliphatic rings. The maximum atomic E-state index is 12.4. The number of likely N-dealkylation sites (tertiary alicyclic amines) is 1. The van der Waals surface area contributed by atoms with Gasteiger partial charge in [-0.25, -0.2) is 4.79 Å². The van der Waals surface area contributed by atoms with Gasteiger partial charge in [-0.1, -0.05) is 17.3 Å². The van der Waals surface area contributed by atoms with E-state index in [9.17, 15) is 9.90 Å². The molecule has 2 heterocycles. The van der Waals surface area contributed by atoms with Crippen molar-refractivity contribution >= 4 is 11.7 Å². The van der Waals surface area contributed by atoms with Gasteiger partial charge in [0, 0.05) is 36.2 Å². The average Bonchev–Trinajstić information content (AvgIpc) is 3.13. The number of carbonyl (C=O) groups excluding carboxylic acids is 1. The highest BCUT2D eigenvalue weighted by Gasteiger charge is 2.30. The molecule has 7 heteroatoms. The lowest BCUT2D eigenvalue weighted by Crippen LogP contribution is -2.34. The Balaban J connectivity index is 1.43. The van der Waals surface area contributed by atoms with E-state index in [1.54, 1.807) is 11.8 Å². The van der Waals surface area contributed by atoms with Gasteiger partial charge in [-0.3, -0.25) is 0 Å². The highest BCUT2D eigenvalue weighted by atomic mass is 16.5. The van der Waals surface area contributed by atoms with Crippen LogP contribution in [0.3, 0.4) is 0 Å². The van der Waals surface area contributed by atoms with Crippen LogP contribution < -0.4 is 5.32 Å². The fourth-order valence-corrected chi connectivity index (χ4v) is 3.15. The van der Waals surface area contributed by atoms with E-state index < -0.39 is 0 Å². The Bertz CT molecular complexity index is 769. The Kier molecular flexibility index (Phi) is 4.17. The molecule has 7 nitrogen and oxygen atoms in total. The lowest BCUT2D eigenvalue weighted by atomic mass is 10.0. The Morgan fingerprint density at radius 1 is 1.40 bits per heavy atom. The number of carbonyl (C=O) groups is 1. The molecule has 2 aromatic rings. The van der Waals surface area contributed by atoms with Crippen molar-refractivity contribution in [3.8, 4) is 11.4 Å². The predicted molar refractivity (Wildman–Crippen MR) is 92.1 cm³/mol. The van der Waals surface area contributed by atoms with Crippen LogP contribution in [0.15, 0.2) is 28.8 Å². The summed E-state index contributed by atoms with van der Waals surface area (Å²) >= 11 is 0. The molecule has 1 aromatic carbocycles. The van der Waals surface area contributed by atoms with Crippen LogP contribution in [0, 0.1) is 5.92 Å². The van der Waals surface area contributed by atoms with E-state index in [4.69, 9.17) is 4.52 Å². The number of amides is 2. The van der Waals surface area contributed by atoms with Gasteiger partial charge in [-0.05, 0) is 38.3 Å². The number of aliphatic hydroxyl groups is 1. The Morgan fingerprint density at radius 3 is 2.96 bits per heavy atom. The van der Waals surface area contributed by atoms with Gasteiger partial charge >= 0.3 is 6.03 Å². The van der Waals surface area contributed by atoms with Crippen molar-refractivity contribution in [2.24, 2.45) is 5.92 Å². The number of aromatic nitrogens is 2. The zero-order valence-electron chi connectivity index (χ0n) is 14.2. The first kappa shape index (κ1) is 16.1. The van der Waals surface area contributed by atoms with E-state index >= 15 is 0 Å². The zero-order chi connectivity index (χ0) is 17.4. The molecule has 2 fully saturated rings. The van der Waals surface area contributed by atoms with Crippen LogP contribution in [-0.2, 0) is 0 Å². The molecule has 2 atom stereocenters. The third-order valence-electron chi connectivity index (χ3n) is 4.93. The molecule has 2 amide bonds. The minimum atomic E-state index is -0.389. The van der Waals surface area contributed by atoms with Crippen molar-refractivity contribution in [2.45, 2.75) is 38.2 Å². The third-order valence-corrected chi connectivity index (χ3v) is 4.93. The van der Waals surface area contributed by atoms with Gasteiger partial charge in [0.15, 0.2) is 0 Å². The Morgan fingerprint density at radius 2 is 2.24 bits per heavy atom. The fourth-order valence-electron chi connectivity index (χ4n) is 3.15. The van der Waals surface area contributed by atoms with Gasteiger partial charge in [0.25, 0.3) is 0 Å². The molecule has 0 bridgehead atoms. The number of hydrogen-bond donors (Lipinski definition) is 2. The lowest BCUT2D eigenvalue weighted by Gasteiger charge is -2.18. The van der Waals surface area contributed by atoms with Crippen molar-refractivity contribution < 1.29 is 14.4 Å². The summed E-state index contributed by atoms with van der Waals surface area (Å²) in [6.07, 6.45) is 2.67. The molecular formula is C18H22N4O3. The van der Waals surface area contributed by atoms with Crippen molar-refractivity contribution in [3.05, 3.63) is 30.2 Å². The zero-order valence-corrected chi connectivity index (χ0v) is 14.2. The number of nitrogens with one attached hydrogen (secondary N) is 1. The van der Waals surface area contributed by atoms with Crippen LogP contribution in [0.4, 0.5) is 10.5 Å². The SMILES string of the molecule is C[C@@H](O)[C@H]1CCN(C(=O)Nc2cccc(-c3noc(C4CC4)n3)c2)C1. The van der Waals surface area contributed by atoms with Crippen LogP contribution in [0.2, 0.25) is 0 Å². The van der Waals surface area contributed by atoms with Crippen molar-refractivity contribution in [2.75, 3.05) is 18.4 Å². The summed E-state index contributed by atoms with van der Waals surface area (Å²) in [7, 11) is 0. The molecule has 1 saturated heterocycles. The molecule has 1 aliphatic heterocycles.